The second-order valence-corrected chi connectivity index (χ2v) is 6.54. The minimum absolute atomic E-state index is 0.0429. The fraction of sp³-hybridized carbons (Fsp3) is 0.200. The second-order valence-electron chi connectivity index (χ2n) is 6.10. The van der Waals surface area contributed by atoms with Crippen molar-refractivity contribution in [1.82, 2.24) is 4.57 Å². The monoisotopic (exact) mass is 370 g/mol. The van der Waals surface area contributed by atoms with Crippen molar-refractivity contribution in [2.24, 2.45) is 12.8 Å². The van der Waals surface area contributed by atoms with Gasteiger partial charge in [-0.15, -0.1) is 0 Å². The van der Waals surface area contributed by atoms with E-state index in [-0.39, 0.29) is 17.3 Å². The molecule has 26 heavy (non-hydrogen) atoms. The van der Waals surface area contributed by atoms with E-state index in [0.717, 1.165) is 11.3 Å². The first-order chi connectivity index (χ1) is 12.3. The van der Waals surface area contributed by atoms with Crippen LogP contribution in [0.4, 0.5) is 5.69 Å². The molecular weight excluding hydrogens is 348 g/mol. The van der Waals surface area contributed by atoms with Crippen LogP contribution in [0.2, 0.25) is 5.02 Å². The molecule has 136 valence electrons. The van der Waals surface area contributed by atoms with Gasteiger partial charge in [0, 0.05) is 42.7 Å². The molecule has 0 amide bonds. The van der Waals surface area contributed by atoms with Crippen molar-refractivity contribution in [3.05, 3.63) is 87.5 Å². The number of nitrogens with one attached hydrogen (secondary N) is 1. The zero-order valence-electron chi connectivity index (χ0n) is 15.2. The number of benzene rings is 1. The summed E-state index contributed by atoms with van der Waals surface area (Å²) < 4.78 is 1.55. The number of nitrogens with two attached hydrogens (primary N) is 1. The first-order valence-electron chi connectivity index (χ1n) is 8.08. The molecule has 6 heteroatoms. The van der Waals surface area contributed by atoms with Gasteiger partial charge < -0.3 is 20.6 Å². The van der Waals surface area contributed by atoms with Crippen LogP contribution in [-0.4, -0.2) is 17.3 Å². The van der Waals surface area contributed by atoms with E-state index in [1.807, 2.05) is 30.1 Å². The highest BCUT2D eigenvalue weighted by Crippen LogP contribution is 2.32. The van der Waals surface area contributed by atoms with Crippen molar-refractivity contribution in [3.8, 4) is 0 Å². The Hall–Kier alpha value is -2.79. The molecule has 1 aromatic heterocycles. The van der Waals surface area contributed by atoms with Gasteiger partial charge in [-0.2, -0.15) is 0 Å². The third kappa shape index (κ3) is 3.89. The fourth-order valence-corrected chi connectivity index (χ4v) is 3.03. The average molecular weight is 371 g/mol. The van der Waals surface area contributed by atoms with Crippen LogP contribution in [0.15, 0.2) is 65.8 Å². The molecule has 0 bridgehead atoms. The zero-order chi connectivity index (χ0) is 19.4. The van der Waals surface area contributed by atoms with E-state index in [2.05, 4.69) is 6.58 Å². The topological polar surface area (TPSA) is 75.1 Å². The van der Waals surface area contributed by atoms with Crippen LogP contribution in [0, 0.1) is 12.3 Å². The Kier molecular flexibility index (Phi) is 6.05. The maximum absolute atomic E-state index is 12.0. The Bertz CT molecular complexity index is 886. The molecule has 0 aliphatic rings. The number of pyridine rings is 1. The predicted octanol–water partition coefficient (Wildman–Crippen LogP) is 3.57. The lowest BCUT2D eigenvalue weighted by atomic mass is 9.94. The Morgan fingerprint density at radius 3 is 2.50 bits per heavy atom. The number of rotatable bonds is 6. The number of anilines is 1. The summed E-state index contributed by atoms with van der Waals surface area (Å²) in [5.74, 6) is 0. The first kappa shape index (κ1) is 19.5. The van der Waals surface area contributed by atoms with Gasteiger partial charge >= 0.3 is 0 Å². The lowest BCUT2D eigenvalue weighted by Gasteiger charge is -2.32. The molecule has 1 unspecified atom stereocenters. The van der Waals surface area contributed by atoms with Crippen molar-refractivity contribution >= 4 is 23.0 Å². The first-order valence-corrected chi connectivity index (χ1v) is 8.46. The van der Waals surface area contributed by atoms with Gasteiger partial charge in [-0.3, -0.25) is 4.79 Å². The maximum Gasteiger partial charge on any atom is 0.253 e. The number of nitrogens with zero attached hydrogens (tertiary/aromatic N) is 2. The lowest BCUT2D eigenvalue weighted by Crippen LogP contribution is -2.30. The van der Waals surface area contributed by atoms with Crippen LogP contribution in [0.25, 0.3) is 0 Å². The van der Waals surface area contributed by atoms with E-state index in [1.165, 1.54) is 12.3 Å². The highest BCUT2D eigenvalue weighted by molar-refractivity contribution is 6.30. The number of aryl methyl sites for hydroxylation is 2. The molecule has 0 spiro atoms. The summed E-state index contributed by atoms with van der Waals surface area (Å²) in [5, 5.41) is 8.85. The van der Waals surface area contributed by atoms with Gasteiger partial charge in [0.1, 0.15) is 0 Å². The molecule has 1 heterocycles. The molecule has 0 aliphatic heterocycles. The number of allylic oxidation sites excluding steroid dienone is 1. The molecule has 0 aliphatic carbocycles. The van der Waals surface area contributed by atoms with Crippen molar-refractivity contribution in [2.75, 3.05) is 11.9 Å². The summed E-state index contributed by atoms with van der Waals surface area (Å²) in [5.41, 5.74) is 9.06. The average Bonchev–Trinajstić information content (AvgIpc) is 2.63. The van der Waals surface area contributed by atoms with Gasteiger partial charge in [-0.05, 0) is 36.8 Å². The summed E-state index contributed by atoms with van der Waals surface area (Å²) in [6.07, 6.45) is 4.65. The molecule has 0 saturated heterocycles. The van der Waals surface area contributed by atoms with Gasteiger partial charge in [0.2, 0.25) is 0 Å². The maximum atomic E-state index is 12.0. The minimum Gasteiger partial charge on any atom is -0.404 e. The Morgan fingerprint density at radius 2 is 2.00 bits per heavy atom. The highest BCUT2D eigenvalue weighted by Gasteiger charge is 2.24. The van der Waals surface area contributed by atoms with Crippen molar-refractivity contribution in [3.63, 3.8) is 0 Å². The third-order valence-electron chi connectivity index (χ3n) is 4.32. The van der Waals surface area contributed by atoms with E-state index in [9.17, 15) is 4.79 Å². The summed E-state index contributed by atoms with van der Waals surface area (Å²) >= 11 is 6.03. The molecule has 3 N–H and O–H groups in total. The molecule has 0 radical (unpaired) electrons. The largest absolute Gasteiger partial charge is 0.404 e. The van der Waals surface area contributed by atoms with Crippen LogP contribution in [0.5, 0.6) is 0 Å². The fourth-order valence-electron chi connectivity index (χ4n) is 2.90. The number of halogens is 1. The highest BCUT2D eigenvalue weighted by atomic mass is 35.5. The van der Waals surface area contributed by atoms with Crippen LogP contribution >= 0.6 is 11.6 Å². The van der Waals surface area contributed by atoms with Crippen molar-refractivity contribution in [2.45, 2.75) is 13.0 Å². The minimum atomic E-state index is -0.334. The molecule has 2 rings (SSSR count). The van der Waals surface area contributed by atoms with E-state index in [1.54, 1.807) is 36.9 Å². The Balaban J connectivity index is 2.63. The number of hydrogen-bond donors (Lipinski definition) is 2. The van der Waals surface area contributed by atoms with Crippen LogP contribution < -0.4 is 16.2 Å². The summed E-state index contributed by atoms with van der Waals surface area (Å²) in [7, 11) is 3.62. The molecule has 0 fully saturated rings. The standard InChI is InChI=1S/C20H23ClN4O/c1-5-18(23)17(11-22)19(14-6-8-15(21)9-7-14)25(4)16-10-13(2)20(26)24(3)12-16/h5-12,19,23H,1,22H2,2-4H3/b17-11+,23-18?. The van der Waals surface area contributed by atoms with Crippen molar-refractivity contribution in [1.29, 1.82) is 5.41 Å². The second kappa shape index (κ2) is 8.06. The van der Waals surface area contributed by atoms with E-state index in [4.69, 9.17) is 22.7 Å². The number of aromatic nitrogens is 1. The van der Waals surface area contributed by atoms with Gasteiger partial charge in [-0.1, -0.05) is 30.3 Å². The normalized spacial score (nSPS) is 12.5. The summed E-state index contributed by atoms with van der Waals surface area (Å²) in [6.45, 7) is 5.47. The van der Waals surface area contributed by atoms with Gasteiger partial charge in [-0.25, -0.2) is 0 Å². The molecule has 1 aromatic carbocycles. The van der Waals surface area contributed by atoms with Crippen LogP contribution in [-0.2, 0) is 7.05 Å². The number of likely N-dealkylation sites (N-methyl/N-ethyl adjacent to an activating group) is 1. The molecular formula is C20H23ClN4O. The van der Waals surface area contributed by atoms with Gasteiger partial charge in [0.15, 0.2) is 0 Å². The quantitative estimate of drug-likeness (QED) is 0.763. The van der Waals surface area contributed by atoms with Crippen LogP contribution in [0.1, 0.15) is 17.2 Å². The predicted molar refractivity (Wildman–Crippen MR) is 109 cm³/mol. The zero-order valence-corrected chi connectivity index (χ0v) is 15.9. The Morgan fingerprint density at radius 1 is 1.38 bits per heavy atom. The molecule has 0 saturated carbocycles. The SMILES string of the molecule is C=CC(=N)/C(=C\N)C(c1ccc(Cl)cc1)N(C)c1cc(C)c(=O)n(C)c1. The van der Waals surface area contributed by atoms with Crippen LogP contribution in [0.3, 0.4) is 0 Å². The Labute approximate surface area is 158 Å². The van der Waals surface area contributed by atoms with Gasteiger partial charge in [0.05, 0.1) is 17.4 Å². The van der Waals surface area contributed by atoms with E-state index >= 15 is 0 Å². The van der Waals surface area contributed by atoms with Gasteiger partial charge in [0.25, 0.3) is 5.56 Å². The smallest absolute Gasteiger partial charge is 0.253 e. The molecule has 2 aromatic rings. The molecule has 1 atom stereocenters. The summed E-state index contributed by atoms with van der Waals surface area (Å²) in [4.78, 5) is 14.0. The lowest BCUT2D eigenvalue weighted by molar-refractivity contribution is 0.766. The summed E-state index contributed by atoms with van der Waals surface area (Å²) in [6, 6.07) is 8.90. The van der Waals surface area contributed by atoms with E-state index in [0.29, 0.717) is 16.2 Å². The third-order valence-corrected chi connectivity index (χ3v) is 4.57. The van der Waals surface area contributed by atoms with Crippen molar-refractivity contribution < 1.29 is 0 Å². The van der Waals surface area contributed by atoms with E-state index < -0.39 is 0 Å². The molecule has 5 nitrogen and oxygen atoms in total. The number of hydrogen-bond acceptors (Lipinski definition) is 4.